The molecule has 0 spiro atoms. The third kappa shape index (κ3) is 3.85. The number of halogens is 3. The van der Waals surface area contributed by atoms with Gasteiger partial charge in [-0.25, -0.2) is 4.79 Å². The van der Waals surface area contributed by atoms with Gasteiger partial charge in [0.25, 0.3) is 0 Å². The topological polar surface area (TPSA) is 124 Å². The van der Waals surface area contributed by atoms with Crippen LogP contribution in [0, 0.1) is 11.8 Å². The number of ether oxygens (including phenoxy) is 1. The quantitative estimate of drug-likeness (QED) is 0.181. The highest BCUT2D eigenvalue weighted by Crippen LogP contribution is 2.69. The van der Waals surface area contributed by atoms with Gasteiger partial charge in [0.05, 0.1) is 18.3 Å². The number of nitrogens with zero attached hydrogens (tertiary/aromatic N) is 1. The molecular weight excluding hydrogens is 603 g/mol. The number of esters is 1. The molecule has 2 bridgehead atoms. The van der Waals surface area contributed by atoms with Crippen molar-refractivity contribution in [1.29, 1.82) is 0 Å². The van der Waals surface area contributed by atoms with Crippen molar-refractivity contribution in [2.24, 2.45) is 17.6 Å². The van der Waals surface area contributed by atoms with E-state index in [1.54, 1.807) is 48.5 Å². The molecule has 3 aromatic carbocycles. The first-order valence-electron chi connectivity index (χ1n) is 13.2. The second kappa shape index (κ2) is 9.93. The molecule has 1 saturated heterocycles. The number of Topliss-reactive ketones (excluding diaryl/α,β-unsaturated/α-hetero) is 1. The number of primary amides is 1. The summed E-state index contributed by atoms with van der Waals surface area (Å²) in [5, 5.41) is 0.414. The summed E-state index contributed by atoms with van der Waals surface area (Å²) < 4.78 is 5.42. The fourth-order valence-corrected chi connectivity index (χ4v) is 7.85. The van der Waals surface area contributed by atoms with Gasteiger partial charge in [-0.3, -0.25) is 24.1 Å². The van der Waals surface area contributed by atoms with E-state index in [2.05, 4.69) is 0 Å². The fraction of sp³-hybridized carbons (Fsp3) is 0.258. The molecule has 8 nitrogen and oxygen atoms in total. The molecule has 4 atom stereocenters. The predicted octanol–water partition coefficient (Wildman–Crippen LogP) is 4.29. The van der Waals surface area contributed by atoms with Gasteiger partial charge in [-0.2, -0.15) is 0 Å². The number of rotatable bonds is 7. The zero-order valence-corrected chi connectivity index (χ0v) is 24.3. The van der Waals surface area contributed by atoms with Crippen molar-refractivity contribution in [3.63, 3.8) is 0 Å². The van der Waals surface area contributed by atoms with E-state index < -0.39 is 69.6 Å². The van der Waals surface area contributed by atoms with Crippen LogP contribution in [0.2, 0.25) is 5.02 Å². The molecule has 3 amide bonds. The van der Waals surface area contributed by atoms with Gasteiger partial charge in [0, 0.05) is 10.6 Å². The lowest BCUT2D eigenvalue weighted by Crippen LogP contribution is -2.57. The van der Waals surface area contributed by atoms with Crippen molar-refractivity contribution in [2.45, 2.75) is 35.2 Å². The summed E-state index contributed by atoms with van der Waals surface area (Å²) in [4.78, 5) is 64.8. The number of carbonyl (C=O) groups is 5. The van der Waals surface area contributed by atoms with E-state index in [-0.39, 0.29) is 5.56 Å². The first-order chi connectivity index (χ1) is 19.9. The number of ketones is 1. The van der Waals surface area contributed by atoms with Crippen LogP contribution in [0.15, 0.2) is 72.8 Å². The lowest BCUT2D eigenvalue weighted by molar-refractivity contribution is -0.161. The maximum absolute atomic E-state index is 14.2. The Morgan fingerprint density at radius 2 is 1.26 bits per heavy atom. The van der Waals surface area contributed by atoms with Gasteiger partial charge < -0.3 is 10.5 Å². The van der Waals surface area contributed by atoms with Crippen molar-refractivity contribution in [3.8, 4) is 0 Å². The maximum atomic E-state index is 14.2. The molecule has 1 fully saturated rings. The summed E-state index contributed by atoms with van der Waals surface area (Å²) in [5.41, 5.74) is 8.03. The van der Waals surface area contributed by atoms with Crippen LogP contribution in [-0.2, 0) is 33.7 Å². The molecule has 1 aliphatic heterocycles. The number of imide groups is 1. The minimum absolute atomic E-state index is 0.228. The fourth-order valence-electron chi connectivity index (χ4n) is 6.62. The van der Waals surface area contributed by atoms with E-state index in [0.717, 1.165) is 0 Å². The Hall–Kier alpha value is -3.72. The van der Waals surface area contributed by atoms with Crippen LogP contribution in [0.5, 0.6) is 0 Å². The minimum Gasteiger partial charge on any atom is -0.453 e. The summed E-state index contributed by atoms with van der Waals surface area (Å²) in [6.45, 7) is 1.35. The first kappa shape index (κ1) is 28.4. The first-order valence-corrected chi connectivity index (χ1v) is 14.3. The van der Waals surface area contributed by atoms with E-state index in [9.17, 15) is 24.0 Å². The Bertz CT molecular complexity index is 1570. The Morgan fingerprint density at radius 3 is 1.67 bits per heavy atom. The van der Waals surface area contributed by atoms with Crippen molar-refractivity contribution in [3.05, 3.63) is 106 Å². The van der Waals surface area contributed by atoms with Gasteiger partial charge in [-0.1, -0.05) is 60.1 Å². The summed E-state index contributed by atoms with van der Waals surface area (Å²) in [6.07, 6.45) is -2.03. The van der Waals surface area contributed by atoms with Gasteiger partial charge in [0.2, 0.25) is 23.5 Å². The van der Waals surface area contributed by atoms with Crippen LogP contribution in [0.1, 0.15) is 46.0 Å². The summed E-state index contributed by atoms with van der Waals surface area (Å²) in [7, 11) is 0. The van der Waals surface area contributed by atoms with Gasteiger partial charge in [0.15, 0.2) is 6.10 Å². The van der Waals surface area contributed by atoms with Crippen LogP contribution in [0.3, 0.4) is 0 Å². The third-order valence-corrected chi connectivity index (χ3v) is 9.93. The average Bonchev–Trinajstić information content (AvgIpc) is 3.25. The van der Waals surface area contributed by atoms with Crippen LogP contribution in [0.25, 0.3) is 0 Å². The second-order valence-electron chi connectivity index (χ2n) is 10.7. The highest BCUT2D eigenvalue weighted by Gasteiger charge is 2.74. The van der Waals surface area contributed by atoms with E-state index in [1.165, 1.54) is 31.2 Å². The molecule has 4 aliphatic rings. The number of alkyl halides is 2. The Kier molecular flexibility index (Phi) is 6.72. The van der Waals surface area contributed by atoms with Crippen molar-refractivity contribution in [2.75, 3.05) is 0 Å². The monoisotopic (exact) mass is 624 g/mol. The number of likely N-dealkylation sites (tertiary alicyclic amines) is 1. The number of nitrogens with two attached hydrogens (primary N) is 1. The summed E-state index contributed by atoms with van der Waals surface area (Å²) >= 11 is 20.7. The van der Waals surface area contributed by atoms with E-state index in [0.29, 0.717) is 32.2 Å². The molecule has 11 heteroatoms. The largest absolute Gasteiger partial charge is 0.453 e. The van der Waals surface area contributed by atoms with E-state index in [1.807, 2.05) is 0 Å². The molecule has 42 heavy (non-hydrogen) atoms. The molecule has 3 aromatic rings. The molecule has 3 aliphatic carbocycles. The number of hydrogen-bond donors (Lipinski definition) is 1. The molecule has 0 saturated carbocycles. The Morgan fingerprint density at radius 1 is 0.833 bits per heavy atom. The van der Waals surface area contributed by atoms with Crippen LogP contribution < -0.4 is 5.73 Å². The average molecular weight is 626 g/mol. The van der Waals surface area contributed by atoms with E-state index in [4.69, 9.17) is 45.3 Å². The molecule has 2 N–H and O–H groups in total. The van der Waals surface area contributed by atoms with Crippen LogP contribution in [-0.4, -0.2) is 46.5 Å². The van der Waals surface area contributed by atoms with Crippen molar-refractivity contribution >= 4 is 64.3 Å². The molecular formula is C31H23Cl3N2O6. The number of benzene rings is 3. The maximum Gasteiger partial charge on any atom is 0.330 e. The number of hydrogen-bond acceptors (Lipinski definition) is 6. The summed E-state index contributed by atoms with van der Waals surface area (Å²) in [5.74, 6) is -6.59. The molecule has 7 rings (SSSR count). The Balaban J connectivity index is 1.40. The van der Waals surface area contributed by atoms with E-state index >= 15 is 0 Å². The lowest BCUT2D eigenvalue weighted by Gasteiger charge is -2.54. The zero-order valence-electron chi connectivity index (χ0n) is 22.1. The third-order valence-electron chi connectivity index (χ3n) is 8.39. The van der Waals surface area contributed by atoms with Gasteiger partial charge in [-0.15, -0.1) is 23.2 Å². The highest BCUT2D eigenvalue weighted by molar-refractivity contribution is 6.36. The second-order valence-corrected chi connectivity index (χ2v) is 12.3. The SMILES string of the molecule is C[C@H](OC(=O)[C@@H](CC(N)=O)N1C(=O)[C@@H]2[C@H](C1=O)C1(Cl)c3ccccc3C2(Cl)c2ccccc21)C(=O)c1ccc(Cl)cc1. The minimum atomic E-state index is -1.74. The molecule has 214 valence electrons. The molecule has 0 radical (unpaired) electrons. The molecule has 0 unspecified atom stereocenters. The normalized spacial score (nSPS) is 26.6. The van der Waals surface area contributed by atoms with Crippen molar-refractivity contribution < 1.29 is 28.7 Å². The summed E-state index contributed by atoms with van der Waals surface area (Å²) in [6, 6.07) is 18.4. The smallest absolute Gasteiger partial charge is 0.330 e. The van der Waals surface area contributed by atoms with Crippen LogP contribution in [0.4, 0.5) is 0 Å². The van der Waals surface area contributed by atoms with Gasteiger partial charge >= 0.3 is 5.97 Å². The molecule has 1 heterocycles. The zero-order chi connectivity index (χ0) is 30.1. The predicted molar refractivity (Wildman–Crippen MR) is 154 cm³/mol. The highest BCUT2D eigenvalue weighted by atomic mass is 35.5. The van der Waals surface area contributed by atoms with Gasteiger partial charge in [0.1, 0.15) is 15.8 Å². The standard InChI is InChI=1S/C31H23Cl3N2O6/c1-15(26(38)16-10-12-17(32)13-11-16)42-29(41)22(14-23(35)37)36-27(39)24-25(28(36)40)31(34)19-7-3-2-6-18(19)30(24,33)20-8-4-5-9-21(20)31/h2-13,15,22,24-25H,14H2,1H3,(H2,35,37)/t15-,22+,24-,25+,30?,31?/m0/s1. The molecule has 0 aromatic heterocycles. The van der Waals surface area contributed by atoms with Crippen molar-refractivity contribution in [1.82, 2.24) is 4.90 Å². The Labute approximate surface area is 255 Å². The number of carbonyl (C=O) groups excluding carboxylic acids is 5. The number of amides is 3. The lowest BCUT2D eigenvalue weighted by atomic mass is 9.54. The van der Waals surface area contributed by atoms with Gasteiger partial charge in [-0.05, 0) is 53.4 Å². The van der Waals surface area contributed by atoms with Crippen LogP contribution >= 0.6 is 34.8 Å².